The Labute approximate surface area is 198 Å². The van der Waals surface area contributed by atoms with E-state index in [0.29, 0.717) is 16.9 Å². The molecule has 0 saturated carbocycles. The molecule has 1 aliphatic heterocycles. The highest BCUT2D eigenvalue weighted by molar-refractivity contribution is 5.91. The number of benzene rings is 2. The Bertz CT molecular complexity index is 1340. The third-order valence-electron chi connectivity index (χ3n) is 5.66. The highest BCUT2D eigenvalue weighted by Crippen LogP contribution is 2.29. The first kappa shape index (κ1) is 24.4. The molecule has 11 heteroatoms. The standard InChI is InChI=1S/C24H23F3N4O4/c1-15-7-9-18(10-8-15)31-23(34)30(14-16-4-2-5-17(12-16)24(25,26)27)22(33)20(29-31)21(32)28-13-19-6-3-11-35-19/h2,4-5,7-10,12,19H,3,6,11,13-14H2,1H3,(H,28,32)/t19-/m0/s1. The summed E-state index contributed by atoms with van der Waals surface area (Å²) >= 11 is 0. The number of hydrogen-bond acceptors (Lipinski definition) is 5. The molecule has 1 aromatic heterocycles. The Morgan fingerprint density at radius 1 is 1.17 bits per heavy atom. The van der Waals surface area contributed by atoms with Crippen molar-refractivity contribution >= 4 is 5.91 Å². The summed E-state index contributed by atoms with van der Waals surface area (Å²) in [7, 11) is 0. The van der Waals surface area contributed by atoms with Crippen LogP contribution >= 0.6 is 0 Å². The van der Waals surface area contributed by atoms with Crippen LogP contribution in [0.4, 0.5) is 13.2 Å². The molecule has 8 nitrogen and oxygen atoms in total. The number of halogens is 3. The molecular weight excluding hydrogens is 465 g/mol. The topological polar surface area (TPSA) is 95.2 Å². The largest absolute Gasteiger partial charge is 0.416 e. The number of carbonyl (C=O) groups is 1. The van der Waals surface area contributed by atoms with Crippen LogP contribution < -0.4 is 16.6 Å². The van der Waals surface area contributed by atoms with Gasteiger partial charge in [0.1, 0.15) is 0 Å². The maximum absolute atomic E-state index is 13.2. The molecule has 1 fully saturated rings. The van der Waals surface area contributed by atoms with Gasteiger partial charge in [-0.3, -0.25) is 14.2 Å². The molecule has 0 spiro atoms. The molecule has 3 aromatic rings. The van der Waals surface area contributed by atoms with Crippen LogP contribution in [0.15, 0.2) is 58.1 Å². The first-order valence-electron chi connectivity index (χ1n) is 11.0. The van der Waals surface area contributed by atoms with Crippen LogP contribution in [-0.2, 0) is 17.5 Å². The number of alkyl halides is 3. The van der Waals surface area contributed by atoms with Crippen LogP contribution in [0, 0.1) is 6.92 Å². The average molecular weight is 488 g/mol. The minimum atomic E-state index is -4.59. The first-order chi connectivity index (χ1) is 16.6. The lowest BCUT2D eigenvalue weighted by Gasteiger charge is -2.14. The molecule has 4 rings (SSSR count). The third kappa shape index (κ3) is 5.51. The molecule has 1 aliphatic rings. The molecule has 0 aliphatic carbocycles. The van der Waals surface area contributed by atoms with E-state index in [2.05, 4.69) is 10.4 Å². The number of nitrogens with one attached hydrogen (secondary N) is 1. The summed E-state index contributed by atoms with van der Waals surface area (Å²) in [4.78, 5) is 39.2. The molecular formula is C24H23F3N4O4. The van der Waals surface area contributed by atoms with Gasteiger partial charge in [0.15, 0.2) is 0 Å². The van der Waals surface area contributed by atoms with Crippen molar-refractivity contribution in [2.75, 3.05) is 13.2 Å². The Hall–Kier alpha value is -3.73. The quantitative estimate of drug-likeness (QED) is 0.576. The van der Waals surface area contributed by atoms with E-state index in [1.165, 1.54) is 12.1 Å². The van der Waals surface area contributed by atoms with Gasteiger partial charge >= 0.3 is 11.9 Å². The Balaban J connectivity index is 1.77. The van der Waals surface area contributed by atoms with E-state index >= 15 is 0 Å². The fourth-order valence-electron chi connectivity index (χ4n) is 3.77. The molecule has 1 N–H and O–H groups in total. The zero-order valence-electron chi connectivity index (χ0n) is 18.8. The Kier molecular flexibility index (Phi) is 6.88. The molecule has 35 heavy (non-hydrogen) atoms. The second kappa shape index (κ2) is 9.87. The normalized spacial score (nSPS) is 15.8. The van der Waals surface area contributed by atoms with Crippen molar-refractivity contribution in [3.05, 3.63) is 91.8 Å². The summed E-state index contributed by atoms with van der Waals surface area (Å²) in [5, 5.41) is 6.62. The van der Waals surface area contributed by atoms with Gasteiger partial charge in [0.05, 0.1) is 23.9 Å². The molecule has 0 bridgehead atoms. The highest BCUT2D eigenvalue weighted by Gasteiger charge is 2.30. The van der Waals surface area contributed by atoms with E-state index in [1.807, 2.05) is 6.92 Å². The molecule has 2 aromatic carbocycles. The van der Waals surface area contributed by atoms with Gasteiger partial charge < -0.3 is 10.1 Å². The van der Waals surface area contributed by atoms with E-state index < -0.39 is 41.1 Å². The summed E-state index contributed by atoms with van der Waals surface area (Å²) < 4.78 is 46.6. The molecule has 1 saturated heterocycles. The maximum atomic E-state index is 13.2. The van der Waals surface area contributed by atoms with Crippen molar-refractivity contribution in [2.45, 2.75) is 38.6 Å². The number of carbonyl (C=O) groups excluding carboxylic acids is 1. The van der Waals surface area contributed by atoms with Gasteiger partial charge in [-0.25, -0.2) is 4.79 Å². The van der Waals surface area contributed by atoms with E-state index in [0.717, 1.165) is 35.2 Å². The van der Waals surface area contributed by atoms with Crippen molar-refractivity contribution < 1.29 is 22.7 Å². The predicted molar refractivity (Wildman–Crippen MR) is 121 cm³/mol. The molecule has 1 amide bonds. The van der Waals surface area contributed by atoms with Gasteiger partial charge in [-0.1, -0.05) is 29.8 Å². The molecule has 1 atom stereocenters. The summed E-state index contributed by atoms with van der Waals surface area (Å²) in [6.07, 6.45) is -3.15. The zero-order chi connectivity index (χ0) is 25.2. The minimum absolute atomic E-state index is 0.0754. The molecule has 184 valence electrons. The van der Waals surface area contributed by atoms with Crippen LogP contribution in [-0.4, -0.2) is 39.5 Å². The molecule has 0 unspecified atom stereocenters. The summed E-state index contributed by atoms with van der Waals surface area (Å²) in [6, 6.07) is 11.0. The minimum Gasteiger partial charge on any atom is -0.376 e. The smallest absolute Gasteiger partial charge is 0.376 e. The van der Waals surface area contributed by atoms with Crippen molar-refractivity contribution in [2.24, 2.45) is 0 Å². The van der Waals surface area contributed by atoms with Crippen LogP contribution in [0.5, 0.6) is 0 Å². The van der Waals surface area contributed by atoms with E-state index in [-0.39, 0.29) is 18.2 Å². The van der Waals surface area contributed by atoms with E-state index in [4.69, 9.17) is 4.74 Å². The van der Waals surface area contributed by atoms with Gasteiger partial charge in [-0.2, -0.15) is 23.0 Å². The fraction of sp³-hybridized carbons (Fsp3) is 0.333. The zero-order valence-corrected chi connectivity index (χ0v) is 18.8. The lowest BCUT2D eigenvalue weighted by atomic mass is 10.1. The Morgan fingerprint density at radius 3 is 2.57 bits per heavy atom. The maximum Gasteiger partial charge on any atom is 0.416 e. The average Bonchev–Trinajstić information content (AvgIpc) is 3.34. The van der Waals surface area contributed by atoms with Crippen LogP contribution in [0.25, 0.3) is 5.69 Å². The fourth-order valence-corrected chi connectivity index (χ4v) is 3.77. The molecule has 0 radical (unpaired) electrons. The first-order valence-corrected chi connectivity index (χ1v) is 11.0. The van der Waals surface area contributed by atoms with Gasteiger partial charge in [0.2, 0.25) is 5.69 Å². The summed E-state index contributed by atoms with van der Waals surface area (Å²) in [5.74, 6) is -0.802. The van der Waals surface area contributed by atoms with E-state index in [9.17, 15) is 27.6 Å². The van der Waals surface area contributed by atoms with Crippen LogP contribution in [0.3, 0.4) is 0 Å². The number of rotatable bonds is 6. The number of aromatic nitrogens is 3. The number of nitrogens with zero attached hydrogens (tertiary/aromatic N) is 3. The summed E-state index contributed by atoms with van der Waals surface area (Å²) in [6.45, 7) is 2.12. The van der Waals surface area contributed by atoms with Gasteiger partial charge in [-0.05, 0) is 49.6 Å². The number of aryl methyl sites for hydroxylation is 1. The van der Waals surface area contributed by atoms with Crippen molar-refractivity contribution in [1.82, 2.24) is 19.7 Å². The van der Waals surface area contributed by atoms with Crippen molar-refractivity contribution in [3.63, 3.8) is 0 Å². The lowest BCUT2D eigenvalue weighted by Crippen LogP contribution is -2.46. The molecule has 2 heterocycles. The van der Waals surface area contributed by atoms with Gasteiger partial charge in [-0.15, -0.1) is 0 Å². The van der Waals surface area contributed by atoms with Gasteiger partial charge in [0.25, 0.3) is 11.5 Å². The van der Waals surface area contributed by atoms with Crippen LogP contribution in [0.2, 0.25) is 0 Å². The number of hydrogen-bond donors (Lipinski definition) is 1. The highest BCUT2D eigenvalue weighted by atomic mass is 19.4. The summed E-state index contributed by atoms with van der Waals surface area (Å²) in [5.41, 5.74) is -2.06. The van der Waals surface area contributed by atoms with Crippen LogP contribution in [0.1, 0.15) is 40.0 Å². The van der Waals surface area contributed by atoms with Crippen molar-refractivity contribution in [1.29, 1.82) is 0 Å². The monoisotopic (exact) mass is 488 g/mol. The Morgan fingerprint density at radius 2 is 1.91 bits per heavy atom. The predicted octanol–water partition coefficient (Wildman–Crippen LogP) is 2.68. The SMILES string of the molecule is Cc1ccc(-n2nc(C(=O)NC[C@@H]3CCCO3)c(=O)n(Cc3cccc(C(F)(F)F)c3)c2=O)cc1. The third-order valence-corrected chi connectivity index (χ3v) is 5.66. The van der Waals surface area contributed by atoms with Gasteiger partial charge in [0, 0.05) is 13.2 Å². The van der Waals surface area contributed by atoms with Crippen molar-refractivity contribution in [3.8, 4) is 5.69 Å². The second-order valence-electron chi connectivity index (χ2n) is 8.31. The van der Waals surface area contributed by atoms with E-state index in [1.54, 1.807) is 24.3 Å². The second-order valence-corrected chi connectivity index (χ2v) is 8.31. The lowest BCUT2D eigenvalue weighted by molar-refractivity contribution is -0.137. The number of amides is 1. The number of ether oxygens (including phenoxy) is 1.